The monoisotopic (exact) mass is 279 g/mol. The zero-order valence-corrected chi connectivity index (χ0v) is 11.9. The molecule has 1 aromatic heterocycles. The minimum absolute atomic E-state index is 0.246. The lowest BCUT2D eigenvalue weighted by Crippen LogP contribution is -2.18. The molecule has 5 heteroatoms. The average molecular weight is 280 g/mol. The van der Waals surface area contributed by atoms with E-state index in [9.17, 15) is 5.11 Å². The van der Waals surface area contributed by atoms with Gasteiger partial charge in [-0.15, -0.1) is 0 Å². The highest BCUT2D eigenvalue weighted by molar-refractivity contribution is 6.30. The van der Waals surface area contributed by atoms with Gasteiger partial charge in [-0.2, -0.15) is 5.10 Å². The Bertz CT molecular complexity index is 539. The van der Waals surface area contributed by atoms with Crippen molar-refractivity contribution in [3.63, 3.8) is 0 Å². The van der Waals surface area contributed by atoms with E-state index in [1.54, 1.807) is 0 Å². The van der Waals surface area contributed by atoms with Gasteiger partial charge in [-0.05, 0) is 38.0 Å². The van der Waals surface area contributed by atoms with E-state index in [4.69, 9.17) is 11.6 Å². The minimum Gasteiger partial charge on any atom is -0.392 e. The number of aliphatic hydroxyl groups is 1. The van der Waals surface area contributed by atoms with Crippen molar-refractivity contribution >= 4 is 11.6 Å². The van der Waals surface area contributed by atoms with Gasteiger partial charge in [-0.1, -0.05) is 23.7 Å². The summed E-state index contributed by atoms with van der Waals surface area (Å²) in [4.78, 5) is 4.20. The number of benzene rings is 1. The first kappa shape index (κ1) is 14.0. The number of rotatable bonds is 5. The summed E-state index contributed by atoms with van der Waals surface area (Å²) in [5, 5.41) is 15.0. The molecule has 1 atom stereocenters. The van der Waals surface area contributed by atoms with Gasteiger partial charge in [-0.25, -0.2) is 9.67 Å². The largest absolute Gasteiger partial charge is 0.392 e. The lowest BCUT2D eigenvalue weighted by molar-refractivity contribution is 0.170. The molecule has 0 aliphatic heterocycles. The highest BCUT2D eigenvalue weighted by atomic mass is 35.5. The van der Waals surface area contributed by atoms with Crippen LogP contribution in [0.25, 0.3) is 0 Å². The average Bonchev–Trinajstić information content (AvgIpc) is 2.76. The van der Waals surface area contributed by atoms with Crippen LogP contribution in [0.4, 0.5) is 0 Å². The zero-order chi connectivity index (χ0) is 13.8. The molecule has 19 heavy (non-hydrogen) atoms. The molecule has 0 amide bonds. The Morgan fingerprint density at radius 3 is 2.79 bits per heavy atom. The van der Waals surface area contributed by atoms with Crippen molar-refractivity contribution in [1.82, 2.24) is 14.8 Å². The summed E-state index contributed by atoms with van der Waals surface area (Å²) in [6, 6.07) is 7.80. The fourth-order valence-electron chi connectivity index (χ4n) is 2.07. The molecule has 2 aromatic rings. The standard InChI is InChI=1S/C14H18ClN3O/c1-10(2)18-14(16-9-17-18)8-13(19)7-11-4-3-5-12(15)6-11/h3-6,9-10,13,19H,7-8H2,1-2H3. The third-order valence-corrected chi connectivity index (χ3v) is 3.15. The molecule has 0 saturated carbocycles. The molecule has 0 aliphatic rings. The van der Waals surface area contributed by atoms with Crippen molar-refractivity contribution in [2.75, 3.05) is 0 Å². The van der Waals surface area contributed by atoms with E-state index in [1.165, 1.54) is 6.33 Å². The van der Waals surface area contributed by atoms with Gasteiger partial charge >= 0.3 is 0 Å². The second-order valence-electron chi connectivity index (χ2n) is 4.91. The second-order valence-corrected chi connectivity index (χ2v) is 5.34. The van der Waals surface area contributed by atoms with Gasteiger partial charge in [0, 0.05) is 17.5 Å². The molecule has 1 aromatic carbocycles. The molecule has 0 saturated heterocycles. The number of halogens is 1. The molecular formula is C14H18ClN3O. The molecule has 2 rings (SSSR count). The number of nitrogens with zero attached hydrogens (tertiary/aromatic N) is 3. The number of hydrogen-bond acceptors (Lipinski definition) is 3. The Kier molecular flexibility index (Phi) is 4.56. The van der Waals surface area contributed by atoms with Crippen molar-refractivity contribution in [3.05, 3.63) is 47.0 Å². The topological polar surface area (TPSA) is 50.9 Å². The van der Waals surface area contributed by atoms with Gasteiger partial charge in [0.05, 0.1) is 6.10 Å². The fraction of sp³-hybridized carbons (Fsp3) is 0.429. The third kappa shape index (κ3) is 3.78. The highest BCUT2D eigenvalue weighted by Gasteiger charge is 2.13. The maximum Gasteiger partial charge on any atom is 0.138 e. The maximum atomic E-state index is 10.1. The van der Waals surface area contributed by atoms with E-state index in [-0.39, 0.29) is 6.04 Å². The van der Waals surface area contributed by atoms with Gasteiger partial charge in [0.25, 0.3) is 0 Å². The van der Waals surface area contributed by atoms with E-state index in [1.807, 2.05) is 42.8 Å². The van der Waals surface area contributed by atoms with Crippen molar-refractivity contribution in [3.8, 4) is 0 Å². The Balaban J connectivity index is 2.01. The molecule has 0 spiro atoms. The van der Waals surface area contributed by atoms with Gasteiger partial charge in [0.15, 0.2) is 0 Å². The van der Waals surface area contributed by atoms with E-state index < -0.39 is 6.10 Å². The van der Waals surface area contributed by atoms with Gasteiger partial charge in [0.1, 0.15) is 12.2 Å². The molecule has 0 aliphatic carbocycles. The van der Waals surface area contributed by atoms with E-state index >= 15 is 0 Å². The normalized spacial score (nSPS) is 12.9. The van der Waals surface area contributed by atoms with Crippen LogP contribution in [0.3, 0.4) is 0 Å². The van der Waals surface area contributed by atoms with E-state index in [0.29, 0.717) is 17.9 Å². The second kappa shape index (κ2) is 6.17. The number of aromatic nitrogens is 3. The first-order valence-corrected chi connectivity index (χ1v) is 6.75. The van der Waals surface area contributed by atoms with Crippen LogP contribution in [-0.2, 0) is 12.8 Å². The number of aliphatic hydroxyl groups excluding tert-OH is 1. The predicted molar refractivity (Wildman–Crippen MR) is 75.3 cm³/mol. The lowest BCUT2D eigenvalue weighted by Gasteiger charge is -2.13. The molecule has 0 bridgehead atoms. The summed E-state index contributed by atoms with van der Waals surface area (Å²) >= 11 is 5.93. The number of hydrogen-bond donors (Lipinski definition) is 1. The Hall–Kier alpha value is -1.39. The maximum absolute atomic E-state index is 10.1. The molecule has 1 N–H and O–H groups in total. The Morgan fingerprint density at radius 1 is 1.32 bits per heavy atom. The van der Waals surface area contributed by atoms with Crippen LogP contribution in [0.1, 0.15) is 31.3 Å². The van der Waals surface area contributed by atoms with E-state index in [0.717, 1.165) is 11.4 Å². The molecule has 0 fully saturated rings. The summed E-state index contributed by atoms with van der Waals surface area (Å²) in [5.74, 6) is 0.810. The summed E-state index contributed by atoms with van der Waals surface area (Å²) < 4.78 is 1.83. The summed E-state index contributed by atoms with van der Waals surface area (Å²) in [6.45, 7) is 4.09. The summed E-state index contributed by atoms with van der Waals surface area (Å²) in [7, 11) is 0. The van der Waals surface area contributed by atoms with Crippen LogP contribution < -0.4 is 0 Å². The molecule has 4 nitrogen and oxygen atoms in total. The molecule has 1 unspecified atom stereocenters. The summed E-state index contributed by atoms with van der Waals surface area (Å²) in [6.07, 6.45) is 2.10. The molecular weight excluding hydrogens is 262 g/mol. The Labute approximate surface area is 118 Å². The van der Waals surface area contributed by atoms with Crippen LogP contribution in [-0.4, -0.2) is 26.0 Å². The van der Waals surface area contributed by atoms with E-state index in [2.05, 4.69) is 10.1 Å². The van der Waals surface area contributed by atoms with Crippen LogP contribution in [0.15, 0.2) is 30.6 Å². The van der Waals surface area contributed by atoms with Crippen LogP contribution in [0.5, 0.6) is 0 Å². The zero-order valence-electron chi connectivity index (χ0n) is 11.1. The SMILES string of the molecule is CC(C)n1ncnc1CC(O)Cc1cccc(Cl)c1. The van der Waals surface area contributed by atoms with Crippen LogP contribution >= 0.6 is 11.6 Å². The first-order valence-electron chi connectivity index (χ1n) is 6.37. The van der Waals surface area contributed by atoms with Gasteiger partial charge in [0.2, 0.25) is 0 Å². The molecule has 1 heterocycles. The Morgan fingerprint density at radius 2 is 2.11 bits per heavy atom. The van der Waals surface area contributed by atoms with Crippen molar-refractivity contribution < 1.29 is 5.11 Å². The van der Waals surface area contributed by atoms with Gasteiger partial charge < -0.3 is 5.11 Å². The third-order valence-electron chi connectivity index (χ3n) is 2.91. The minimum atomic E-state index is -0.486. The van der Waals surface area contributed by atoms with Crippen LogP contribution in [0.2, 0.25) is 5.02 Å². The first-order chi connectivity index (χ1) is 9.06. The molecule has 102 valence electrons. The van der Waals surface area contributed by atoms with Crippen molar-refractivity contribution in [1.29, 1.82) is 0 Å². The van der Waals surface area contributed by atoms with Crippen molar-refractivity contribution in [2.45, 2.75) is 38.8 Å². The van der Waals surface area contributed by atoms with Crippen molar-refractivity contribution in [2.24, 2.45) is 0 Å². The predicted octanol–water partition coefficient (Wildman–Crippen LogP) is 2.66. The van der Waals surface area contributed by atoms with Gasteiger partial charge in [-0.3, -0.25) is 0 Å². The van der Waals surface area contributed by atoms with Crippen LogP contribution in [0, 0.1) is 0 Å². The lowest BCUT2D eigenvalue weighted by atomic mass is 10.1. The quantitative estimate of drug-likeness (QED) is 0.915. The molecule has 0 radical (unpaired) electrons. The summed E-state index contributed by atoms with van der Waals surface area (Å²) in [5.41, 5.74) is 1.02. The highest BCUT2D eigenvalue weighted by Crippen LogP contribution is 2.14. The fourth-order valence-corrected chi connectivity index (χ4v) is 2.28. The smallest absolute Gasteiger partial charge is 0.138 e.